The maximum atomic E-state index is 13.9. The molecule has 0 saturated carbocycles. The van der Waals surface area contributed by atoms with E-state index in [1.54, 1.807) is 11.0 Å². The van der Waals surface area contributed by atoms with Crippen molar-refractivity contribution in [2.24, 2.45) is 0 Å². The molecule has 1 unspecified atom stereocenters. The third-order valence-electron chi connectivity index (χ3n) is 4.85. The van der Waals surface area contributed by atoms with Crippen LogP contribution in [0.5, 0.6) is 0 Å². The van der Waals surface area contributed by atoms with E-state index in [1.165, 1.54) is 12.1 Å². The van der Waals surface area contributed by atoms with Crippen molar-refractivity contribution in [2.75, 3.05) is 0 Å². The van der Waals surface area contributed by atoms with Crippen LogP contribution >= 0.6 is 0 Å². The summed E-state index contributed by atoms with van der Waals surface area (Å²) in [6, 6.07) is 14.1. The van der Waals surface area contributed by atoms with Crippen molar-refractivity contribution in [3.63, 3.8) is 0 Å². The van der Waals surface area contributed by atoms with Gasteiger partial charge in [-0.1, -0.05) is 42.0 Å². The molecule has 2 aromatic carbocycles. The number of carbonyl (C=O) groups is 1. The Kier molecular flexibility index (Phi) is 3.87. The fourth-order valence-corrected chi connectivity index (χ4v) is 3.63. The molecule has 0 radical (unpaired) electrons. The molecule has 2 heterocycles. The van der Waals surface area contributed by atoms with Crippen LogP contribution in [0.3, 0.4) is 0 Å². The van der Waals surface area contributed by atoms with Crippen LogP contribution in [0, 0.1) is 12.7 Å². The van der Waals surface area contributed by atoms with Gasteiger partial charge in [0.05, 0.1) is 11.7 Å². The summed E-state index contributed by atoms with van der Waals surface area (Å²) in [4.78, 5) is 14.8. The van der Waals surface area contributed by atoms with E-state index >= 15 is 0 Å². The SMILES string of the molecule is Cc1ccc(-c2n[nH]c3c2C(c2cccc(F)c2)N(C(C)C)C3=O)cc1. The summed E-state index contributed by atoms with van der Waals surface area (Å²) in [5.41, 5.74) is 4.89. The maximum absolute atomic E-state index is 13.9. The number of aromatic nitrogens is 2. The van der Waals surface area contributed by atoms with Crippen LogP contribution in [0.2, 0.25) is 0 Å². The lowest BCUT2D eigenvalue weighted by molar-refractivity contribution is 0.0687. The zero-order valence-corrected chi connectivity index (χ0v) is 15.0. The molecule has 5 heteroatoms. The lowest BCUT2D eigenvalue weighted by Crippen LogP contribution is -2.35. The van der Waals surface area contributed by atoms with Crippen molar-refractivity contribution in [3.05, 3.63) is 76.7 Å². The lowest BCUT2D eigenvalue weighted by atomic mass is 9.95. The summed E-state index contributed by atoms with van der Waals surface area (Å²) in [5.74, 6) is -0.414. The van der Waals surface area contributed by atoms with Gasteiger partial charge in [0, 0.05) is 17.2 Å². The van der Waals surface area contributed by atoms with Crippen molar-refractivity contribution < 1.29 is 9.18 Å². The van der Waals surface area contributed by atoms with Crippen molar-refractivity contribution in [1.29, 1.82) is 0 Å². The molecule has 0 fully saturated rings. The monoisotopic (exact) mass is 349 g/mol. The number of aromatic amines is 1. The Morgan fingerprint density at radius 1 is 1.15 bits per heavy atom. The molecule has 1 aliphatic heterocycles. The standard InChI is InChI=1S/C21H20FN3O/c1-12(2)25-20(15-5-4-6-16(22)11-15)17-18(23-24-19(17)21(25)26)14-9-7-13(3)8-10-14/h4-12,20H,1-3H3,(H,23,24). The number of hydrogen-bond donors (Lipinski definition) is 1. The van der Waals surface area contributed by atoms with Crippen molar-refractivity contribution >= 4 is 5.91 Å². The second kappa shape index (κ2) is 6.09. The molecule has 3 aromatic rings. The van der Waals surface area contributed by atoms with Gasteiger partial charge in [-0.25, -0.2) is 4.39 Å². The summed E-state index contributed by atoms with van der Waals surface area (Å²) in [5, 5.41) is 7.33. The molecule has 0 saturated heterocycles. The largest absolute Gasteiger partial charge is 0.324 e. The van der Waals surface area contributed by atoms with E-state index in [0.717, 1.165) is 27.9 Å². The second-order valence-corrected chi connectivity index (χ2v) is 6.99. The van der Waals surface area contributed by atoms with E-state index in [0.29, 0.717) is 5.69 Å². The average molecular weight is 349 g/mol. The van der Waals surface area contributed by atoms with Crippen molar-refractivity contribution in [3.8, 4) is 11.3 Å². The number of nitrogens with zero attached hydrogens (tertiary/aromatic N) is 2. The quantitative estimate of drug-likeness (QED) is 0.758. The van der Waals surface area contributed by atoms with Gasteiger partial charge in [0.2, 0.25) is 0 Å². The van der Waals surface area contributed by atoms with Gasteiger partial charge < -0.3 is 4.90 Å². The number of halogens is 1. The normalized spacial score (nSPS) is 16.4. The Morgan fingerprint density at radius 3 is 2.54 bits per heavy atom. The Bertz CT molecular complexity index is 975. The zero-order valence-electron chi connectivity index (χ0n) is 15.0. The highest BCUT2D eigenvalue weighted by Crippen LogP contribution is 2.43. The van der Waals surface area contributed by atoms with Gasteiger partial charge in [-0.15, -0.1) is 0 Å². The van der Waals surface area contributed by atoms with Crippen LogP contribution in [0.15, 0.2) is 48.5 Å². The molecule has 4 rings (SSSR count). The molecule has 0 bridgehead atoms. The molecule has 1 aromatic heterocycles. The number of carbonyl (C=O) groups excluding carboxylic acids is 1. The highest BCUT2D eigenvalue weighted by Gasteiger charge is 2.43. The number of benzene rings is 2. The summed E-state index contributed by atoms with van der Waals surface area (Å²) >= 11 is 0. The van der Waals surface area contributed by atoms with Crippen LogP contribution in [-0.4, -0.2) is 27.0 Å². The maximum Gasteiger partial charge on any atom is 0.273 e. The van der Waals surface area contributed by atoms with Gasteiger partial charge in [-0.05, 0) is 38.5 Å². The van der Waals surface area contributed by atoms with Gasteiger partial charge in [-0.2, -0.15) is 5.10 Å². The van der Waals surface area contributed by atoms with Crippen molar-refractivity contribution in [2.45, 2.75) is 32.9 Å². The van der Waals surface area contributed by atoms with E-state index < -0.39 is 0 Å². The van der Waals surface area contributed by atoms with Gasteiger partial charge in [-0.3, -0.25) is 9.89 Å². The van der Waals surface area contributed by atoms with Crippen LogP contribution in [0.4, 0.5) is 4.39 Å². The molecule has 132 valence electrons. The predicted octanol–water partition coefficient (Wildman–Crippen LogP) is 4.48. The minimum absolute atomic E-state index is 0.0255. The molecule has 1 aliphatic rings. The Labute approximate surface area is 151 Å². The highest BCUT2D eigenvalue weighted by atomic mass is 19.1. The minimum Gasteiger partial charge on any atom is -0.324 e. The highest BCUT2D eigenvalue weighted by molar-refractivity contribution is 6.00. The lowest BCUT2D eigenvalue weighted by Gasteiger charge is -2.29. The van der Waals surface area contributed by atoms with Crippen LogP contribution < -0.4 is 0 Å². The molecule has 1 N–H and O–H groups in total. The number of H-pyrrole nitrogens is 1. The third-order valence-corrected chi connectivity index (χ3v) is 4.85. The first kappa shape index (κ1) is 16.5. The molecule has 1 amide bonds. The molecular formula is C21H20FN3O. The van der Waals surface area contributed by atoms with Gasteiger partial charge in [0.1, 0.15) is 11.5 Å². The number of rotatable bonds is 3. The van der Waals surface area contributed by atoms with E-state index in [2.05, 4.69) is 10.2 Å². The van der Waals surface area contributed by atoms with Gasteiger partial charge >= 0.3 is 0 Å². The molecule has 1 atom stereocenters. The van der Waals surface area contributed by atoms with Gasteiger partial charge in [0.25, 0.3) is 5.91 Å². The first-order valence-corrected chi connectivity index (χ1v) is 8.71. The summed E-state index contributed by atoms with van der Waals surface area (Å²) < 4.78 is 13.9. The molecular weight excluding hydrogens is 329 g/mol. The summed E-state index contributed by atoms with van der Waals surface area (Å²) in [7, 11) is 0. The Balaban J connectivity index is 1.92. The van der Waals surface area contributed by atoms with E-state index in [-0.39, 0.29) is 23.8 Å². The van der Waals surface area contributed by atoms with Crippen LogP contribution in [0.1, 0.15) is 47.1 Å². The first-order valence-electron chi connectivity index (χ1n) is 8.71. The topological polar surface area (TPSA) is 49.0 Å². The summed E-state index contributed by atoms with van der Waals surface area (Å²) in [6.45, 7) is 5.96. The average Bonchev–Trinajstić information content (AvgIpc) is 3.15. The zero-order chi connectivity index (χ0) is 18.4. The number of aryl methyl sites for hydroxylation is 1. The minimum atomic E-state index is -0.358. The van der Waals surface area contributed by atoms with E-state index in [1.807, 2.05) is 51.1 Å². The van der Waals surface area contributed by atoms with Crippen molar-refractivity contribution in [1.82, 2.24) is 15.1 Å². The fraction of sp³-hybridized carbons (Fsp3) is 0.238. The van der Waals surface area contributed by atoms with Gasteiger partial charge in [0.15, 0.2) is 0 Å². The number of amides is 1. The number of nitrogens with one attached hydrogen (secondary N) is 1. The second-order valence-electron chi connectivity index (χ2n) is 6.99. The Hall–Kier alpha value is -2.95. The van der Waals surface area contributed by atoms with E-state index in [4.69, 9.17) is 0 Å². The Morgan fingerprint density at radius 2 is 1.88 bits per heavy atom. The number of hydrogen-bond acceptors (Lipinski definition) is 2. The summed E-state index contributed by atoms with van der Waals surface area (Å²) in [6.07, 6.45) is 0. The molecule has 4 nitrogen and oxygen atoms in total. The van der Waals surface area contributed by atoms with Crippen LogP contribution in [0.25, 0.3) is 11.3 Å². The first-order chi connectivity index (χ1) is 12.5. The van der Waals surface area contributed by atoms with Crippen LogP contribution in [-0.2, 0) is 0 Å². The molecule has 0 spiro atoms. The van der Waals surface area contributed by atoms with E-state index in [9.17, 15) is 9.18 Å². The smallest absolute Gasteiger partial charge is 0.273 e. The molecule has 26 heavy (non-hydrogen) atoms. The number of fused-ring (bicyclic) bond motifs is 1. The predicted molar refractivity (Wildman–Crippen MR) is 98.3 cm³/mol. The third kappa shape index (κ3) is 2.51. The fourth-order valence-electron chi connectivity index (χ4n) is 3.63. The molecule has 0 aliphatic carbocycles.